The van der Waals surface area contributed by atoms with Crippen LogP contribution in [-0.2, 0) is 0 Å². The Labute approximate surface area is 112 Å². The highest BCUT2D eigenvalue weighted by atomic mass is 19.1. The maximum Gasteiger partial charge on any atom is 0.152 e. The van der Waals surface area contributed by atoms with Crippen molar-refractivity contribution in [3.63, 3.8) is 0 Å². The molecule has 20 heavy (non-hydrogen) atoms. The zero-order valence-corrected chi connectivity index (χ0v) is 10.8. The molecule has 6 heteroatoms. The van der Waals surface area contributed by atoms with Gasteiger partial charge in [-0.15, -0.1) is 0 Å². The SMILES string of the molecule is Cc1ncc2c(F)cc(-c3c(F)ccc(C)c3F)n2n1. The molecule has 2 heterocycles. The predicted octanol–water partition coefficient (Wildman–Crippen LogP) is 3.43. The second-order valence-corrected chi connectivity index (χ2v) is 4.53. The Balaban J connectivity index is 2.41. The first-order chi connectivity index (χ1) is 9.49. The van der Waals surface area contributed by atoms with Crippen molar-refractivity contribution in [3.05, 3.63) is 53.2 Å². The molecular formula is C14H10F3N3. The number of hydrogen-bond acceptors (Lipinski definition) is 2. The highest BCUT2D eigenvalue weighted by Crippen LogP contribution is 2.30. The van der Waals surface area contributed by atoms with Crippen LogP contribution in [0.1, 0.15) is 11.4 Å². The average Bonchev–Trinajstić information content (AvgIpc) is 2.71. The van der Waals surface area contributed by atoms with Gasteiger partial charge in [0.05, 0.1) is 17.5 Å². The van der Waals surface area contributed by atoms with Gasteiger partial charge in [0.15, 0.2) is 5.82 Å². The van der Waals surface area contributed by atoms with Crippen LogP contribution >= 0.6 is 0 Å². The Kier molecular flexibility index (Phi) is 2.74. The first kappa shape index (κ1) is 12.7. The lowest BCUT2D eigenvalue weighted by molar-refractivity contribution is 0.581. The molecule has 3 aromatic rings. The largest absolute Gasteiger partial charge is 0.237 e. The normalized spacial score (nSPS) is 11.2. The molecule has 0 atom stereocenters. The van der Waals surface area contributed by atoms with Crippen LogP contribution in [0, 0.1) is 31.3 Å². The number of nitrogens with zero attached hydrogens (tertiary/aromatic N) is 3. The molecule has 0 aliphatic carbocycles. The van der Waals surface area contributed by atoms with Crippen LogP contribution in [0.15, 0.2) is 24.4 Å². The fourth-order valence-electron chi connectivity index (χ4n) is 2.10. The molecule has 0 radical (unpaired) electrons. The molecule has 0 aliphatic heterocycles. The number of halogens is 3. The molecule has 0 saturated carbocycles. The molecule has 0 saturated heterocycles. The van der Waals surface area contributed by atoms with Gasteiger partial charge in [-0.2, -0.15) is 5.10 Å². The first-order valence-corrected chi connectivity index (χ1v) is 5.95. The minimum Gasteiger partial charge on any atom is -0.237 e. The van der Waals surface area contributed by atoms with E-state index in [9.17, 15) is 13.2 Å². The second-order valence-electron chi connectivity index (χ2n) is 4.53. The van der Waals surface area contributed by atoms with Gasteiger partial charge in [0, 0.05) is 6.07 Å². The van der Waals surface area contributed by atoms with E-state index in [1.807, 2.05) is 0 Å². The van der Waals surface area contributed by atoms with E-state index in [4.69, 9.17) is 0 Å². The number of fused-ring (bicyclic) bond motifs is 1. The van der Waals surface area contributed by atoms with Gasteiger partial charge in [-0.3, -0.25) is 0 Å². The monoisotopic (exact) mass is 277 g/mol. The second kappa shape index (κ2) is 4.33. The molecule has 0 bridgehead atoms. The molecule has 3 rings (SSSR count). The molecule has 0 aliphatic rings. The van der Waals surface area contributed by atoms with E-state index in [-0.39, 0.29) is 22.3 Å². The number of aromatic nitrogens is 3. The fraction of sp³-hybridized carbons (Fsp3) is 0.143. The van der Waals surface area contributed by atoms with Gasteiger partial charge in [0.1, 0.15) is 23.0 Å². The van der Waals surface area contributed by atoms with Crippen LogP contribution in [-0.4, -0.2) is 14.6 Å². The number of hydrogen-bond donors (Lipinski definition) is 0. The van der Waals surface area contributed by atoms with Gasteiger partial charge < -0.3 is 0 Å². The van der Waals surface area contributed by atoms with Crippen LogP contribution in [0.5, 0.6) is 0 Å². The van der Waals surface area contributed by atoms with Crippen molar-refractivity contribution < 1.29 is 13.2 Å². The van der Waals surface area contributed by atoms with Crippen molar-refractivity contribution in [3.8, 4) is 11.3 Å². The van der Waals surface area contributed by atoms with E-state index in [1.54, 1.807) is 6.92 Å². The molecule has 1 aromatic carbocycles. The minimum absolute atomic E-state index is 0.0294. The summed E-state index contributed by atoms with van der Waals surface area (Å²) in [6, 6.07) is 3.55. The van der Waals surface area contributed by atoms with Gasteiger partial charge in [-0.05, 0) is 25.5 Å². The quantitative estimate of drug-likeness (QED) is 0.682. The summed E-state index contributed by atoms with van der Waals surface area (Å²) < 4.78 is 43.1. The smallest absolute Gasteiger partial charge is 0.152 e. The predicted molar refractivity (Wildman–Crippen MR) is 67.8 cm³/mol. The summed E-state index contributed by atoms with van der Waals surface area (Å²) in [4.78, 5) is 3.88. The summed E-state index contributed by atoms with van der Waals surface area (Å²) in [6.45, 7) is 3.13. The van der Waals surface area contributed by atoms with Crippen LogP contribution in [0.25, 0.3) is 16.8 Å². The van der Waals surface area contributed by atoms with Crippen molar-refractivity contribution in [1.82, 2.24) is 14.6 Å². The summed E-state index contributed by atoms with van der Waals surface area (Å²) in [5.41, 5.74) is 0.0946. The molecule has 0 unspecified atom stereocenters. The van der Waals surface area contributed by atoms with Crippen molar-refractivity contribution in [1.29, 1.82) is 0 Å². The topological polar surface area (TPSA) is 30.2 Å². The summed E-state index contributed by atoms with van der Waals surface area (Å²) in [7, 11) is 0. The molecule has 2 aromatic heterocycles. The van der Waals surface area contributed by atoms with Gasteiger partial charge in [-0.25, -0.2) is 22.7 Å². The van der Waals surface area contributed by atoms with Crippen LogP contribution < -0.4 is 0 Å². The lowest BCUT2D eigenvalue weighted by Gasteiger charge is -2.07. The minimum atomic E-state index is -0.760. The summed E-state index contributed by atoms with van der Waals surface area (Å²) >= 11 is 0. The fourth-order valence-corrected chi connectivity index (χ4v) is 2.10. The Hall–Kier alpha value is -2.37. The molecule has 0 amide bonds. The van der Waals surface area contributed by atoms with E-state index >= 15 is 0 Å². The number of aryl methyl sites for hydroxylation is 2. The maximum absolute atomic E-state index is 14.2. The van der Waals surface area contributed by atoms with Gasteiger partial charge in [0.2, 0.25) is 0 Å². The Morgan fingerprint density at radius 1 is 1.05 bits per heavy atom. The molecule has 102 valence electrons. The molecular weight excluding hydrogens is 267 g/mol. The Bertz CT molecular complexity index is 824. The highest BCUT2D eigenvalue weighted by Gasteiger charge is 2.20. The van der Waals surface area contributed by atoms with Gasteiger partial charge in [0.25, 0.3) is 0 Å². The average molecular weight is 277 g/mol. The summed E-state index contributed by atoms with van der Waals surface area (Å²) in [5.74, 6) is -1.73. The van der Waals surface area contributed by atoms with Crippen molar-refractivity contribution >= 4 is 5.52 Å². The van der Waals surface area contributed by atoms with E-state index in [2.05, 4.69) is 10.1 Å². The van der Waals surface area contributed by atoms with E-state index in [0.29, 0.717) is 5.82 Å². The van der Waals surface area contributed by atoms with Gasteiger partial charge >= 0.3 is 0 Å². The third-order valence-corrected chi connectivity index (χ3v) is 3.12. The zero-order chi connectivity index (χ0) is 14.4. The Morgan fingerprint density at radius 3 is 2.55 bits per heavy atom. The van der Waals surface area contributed by atoms with Gasteiger partial charge in [-0.1, -0.05) is 6.07 Å². The molecule has 3 nitrogen and oxygen atoms in total. The number of benzene rings is 1. The number of rotatable bonds is 1. The zero-order valence-electron chi connectivity index (χ0n) is 10.8. The molecule has 0 fully saturated rings. The highest BCUT2D eigenvalue weighted by molar-refractivity contribution is 5.68. The van der Waals surface area contributed by atoms with Crippen molar-refractivity contribution in [2.75, 3.05) is 0 Å². The summed E-state index contributed by atoms with van der Waals surface area (Å²) in [5, 5.41) is 4.02. The van der Waals surface area contributed by atoms with Crippen molar-refractivity contribution in [2.45, 2.75) is 13.8 Å². The third kappa shape index (κ3) is 1.76. The van der Waals surface area contributed by atoms with Crippen LogP contribution in [0.4, 0.5) is 13.2 Å². The first-order valence-electron chi connectivity index (χ1n) is 5.95. The van der Waals surface area contributed by atoms with E-state index in [0.717, 1.165) is 12.1 Å². The van der Waals surface area contributed by atoms with E-state index < -0.39 is 17.5 Å². The van der Waals surface area contributed by atoms with Crippen molar-refractivity contribution in [2.24, 2.45) is 0 Å². The molecule has 0 spiro atoms. The lowest BCUT2D eigenvalue weighted by Crippen LogP contribution is -2.01. The van der Waals surface area contributed by atoms with Crippen LogP contribution in [0.3, 0.4) is 0 Å². The lowest BCUT2D eigenvalue weighted by atomic mass is 10.1. The standard InChI is InChI=1S/C14H10F3N3/c1-7-3-4-9(15)13(14(7)17)11-5-10(16)12-6-18-8(2)19-20(11)12/h3-6H,1-2H3. The van der Waals surface area contributed by atoms with E-state index in [1.165, 1.54) is 23.7 Å². The third-order valence-electron chi connectivity index (χ3n) is 3.12. The summed E-state index contributed by atoms with van der Waals surface area (Å²) in [6.07, 6.45) is 1.28. The maximum atomic E-state index is 14.2. The molecule has 0 N–H and O–H groups in total. The Morgan fingerprint density at radius 2 is 1.80 bits per heavy atom. The van der Waals surface area contributed by atoms with Crippen LogP contribution in [0.2, 0.25) is 0 Å².